The number of aromatic nitrogens is 7. The average molecular weight is 532 g/mol. The highest BCUT2D eigenvalue weighted by molar-refractivity contribution is 6.10. The first-order chi connectivity index (χ1) is 20.1. The van der Waals surface area contributed by atoms with Crippen molar-refractivity contribution in [1.29, 1.82) is 0 Å². The molecule has 7 heteroatoms. The van der Waals surface area contributed by atoms with Gasteiger partial charge in [0.15, 0.2) is 5.82 Å². The lowest BCUT2D eigenvalue weighted by molar-refractivity contribution is 0.881. The van der Waals surface area contributed by atoms with Crippen LogP contribution in [0, 0.1) is 20.8 Å². The van der Waals surface area contributed by atoms with Crippen LogP contribution in [0.1, 0.15) is 17.1 Å². The second-order valence-corrected chi connectivity index (χ2v) is 10.3. The molecule has 0 atom stereocenters. The number of hydrogen-bond acceptors (Lipinski definition) is 5. The molecule has 196 valence electrons. The summed E-state index contributed by atoms with van der Waals surface area (Å²) in [5.74, 6) is 1.55. The molecule has 0 fully saturated rings. The Balaban J connectivity index is 1.52. The molecule has 8 aromatic rings. The lowest BCUT2D eigenvalue weighted by Crippen LogP contribution is -2.11. The van der Waals surface area contributed by atoms with Crippen LogP contribution in [-0.4, -0.2) is 34.1 Å². The zero-order chi connectivity index (χ0) is 27.7. The summed E-state index contributed by atoms with van der Waals surface area (Å²) in [4.78, 5) is 25.0. The Bertz CT molecular complexity index is 2070. The van der Waals surface area contributed by atoms with Gasteiger partial charge in [-0.15, -0.1) is 0 Å². The Morgan fingerprint density at radius 3 is 1.17 bits per heavy atom. The highest BCUT2D eigenvalue weighted by Crippen LogP contribution is 2.34. The fourth-order valence-corrected chi connectivity index (χ4v) is 5.86. The summed E-state index contributed by atoms with van der Waals surface area (Å²) in [6, 6.07) is 33.5. The first kappa shape index (κ1) is 23.5. The van der Waals surface area contributed by atoms with Gasteiger partial charge in [-0.1, -0.05) is 72.8 Å². The summed E-state index contributed by atoms with van der Waals surface area (Å²) in [5, 5.41) is 4.58. The molecule has 0 aliphatic rings. The van der Waals surface area contributed by atoms with Gasteiger partial charge in [0.1, 0.15) is 5.69 Å². The van der Waals surface area contributed by atoms with Crippen molar-refractivity contribution >= 4 is 43.6 Å². The van der Waals surface area contributed by atoms with Gasteiger partial charge >= 0.3 is 0 Å². The molecule has 4 heterocycles. The maximum Gasteiger partial charge on any atom is 0.240 e. The zero-order valence-electron chi connectivity index (χ0n) is 22.9. The van der Waals surface area contributed by atoms with Crippen molar-refractivity contribution in [2.75, 3.05) is 0 Å². The zero-order valence-corrected chi connectivity index (χ0v) is 22.9. The lowest BCUT2D eigenvalue weighted by atomic mass is 10.2. The van der Waals surface area contributed by atoms with Crippen LogP contribution >= 0.6 is 0 Å². The van der Waals surface area contributed by atoms with Crippen LogP contribution in [0.3, 0.4) is 0 Å². The third-order valence-corrected chi connectivity index (χ3v) is 7.86. The van der Waals surface area contributed by atoms with Gasteiger partial charge in [0.05, 0.1) is 39.1 Å². The van der Waals surface area contributed by atoms with Gasteiger partial charge < -0.3 is 0 Å². The predicted octanol–water partition coefficient (Wildman–Crippen LogP) is 7.45. The van der Waals surface area contributed by atoms with Crippen molar-refractivity contribution in [2.45, 2.75) is 20.8 Å². The van der Waals surface area contributed by atoms with Gasteiger partial charge in [-0.25, -0.2) is 4.98 Å². The Morgan fingerprint density at radius 2 is 0.756 bits per heavy atom. The second-order valence-electron chi connectivity index (χ2n) is 10.3. The number of para-hydroxylation sites is 4. The van der Waals surface area contributed by atoms with Gasteiger partial charge in [0.2, 0.25) is 11.9 Å². The topological polar surface area (TPSA) is 74.3 Å². The van der Waals surface area contributed by atoms with E-state index in [4.69, 9.17) is 24.9 Å². The van der Waals surface area contributed by atoms with E-state index >= 15 is 0 Å². The Morgan fingerprint density at radius 1 is 0.390 bits per heavy atom. The van der Waals surface area contributed by atoms with E-state index in [1.807, 2.05) is 45.0 Å². The molecule has 0 amide bonds. The molecule has 41 heavy (non-hydrogen) atoms. The van der Waals surface area contributed by atoms with Crippen molar-refractivity contribution in [3.05, 3.63) is 114 Å². The molecule has 0 saturated heterocycles. The highest BCUT2D eigenvalue weighted by Gasteiger charge is 2.21. The van der Waals surface area contributed by atoms with Crippen LogP contribution in [0.5, 0.6) is 0 Å². The lowest BCUT2D eigenvalue weighted by Gasteiger charge is -2.13. The predicted molar refractivity (Wildman–Crippen MR) is 164 cm³/mol. The fraction of sp³-hybridized carbons (Fsp3) is 0.0882. The quantitative estimate of drug-likeness (QED) is 0.237. The molecule has 4 aromatic heterocycles. The van der Waals surface area contributed by atoms with Crippen molar-refractivity contribution in [2.24, 2.45) is 0 Å². The van der Waals surface area contributed by atoms with E-state index in [-0.39, 0.29) is 0 Å². The van der Waals surface area contributed by atoms with Crippen LogP contribution in [0.2, 0.25) is 0 Å². The van der Waals surface area contributed by atoms with Crippen molar-refractivity contribution in [3.63, 3.8) is 0 Å². The Hall–Kier alpha value is -5.43. The molecule has 4 aromatic carbocycles. The number of fused-ring (bicyclic) bond motifs is 6. The molecule has 0 spiro atoms. The molecule has 0 unspecified atom stereocenters. The molecular formula is C34H25N7. The highest BCUT2D eigenvalue weighted by atomic mass is 15.3. The van der Waals surface area contributed by atoms with Crippen molar-refractivity contribution < 1.29 is 0 Å². The monoisotopic (exact) mass is 531 g/mol. The molecule has 0 saturated carbocycles. The van der Waals surface area contributed by atoms with Gasteiger partial charge in [0.25, 0.3) is 0 Å². The summed E-state index contributed by atoms with van der Waals surface area (Å²) in [7, 11) is 0. The third-order valence-electron chi connectivity index (χ3n) is 7.86. The van der Waals surface area contributed by atoms with E-state index in [0.717, 1.165) is 60.7 Å². The minimum Gasteiger partial charge on any atom is -0.278 e. The van der Waals surface area contributed by atoms with Crippen LogP contribution in [0.15, 0.2) is 97.1 Å². The summed E-state index contributed by atoms with van der Waals surface area (Å²) < 4.78 is 4.24. The molecular weight excluding hydrogens is 506 g/mol. The molecule has 7 nitrogen and oxygen atoms in total. The van der Waals surface area contributed by atoms with Crippen LogP contribution in [0.4, 0.5) is 0 Å². The van der Waals surface area contributed by atoms with Gasteiger partial charge in [0, 0.05) is 21.5 Å². The minimum absolute atomic E-state index is 0.488. The van der Waals surface area contributed by atoms with Gasteiger partial charge in [-0.2, -0.15) is 15.0 Å². The average Bonchev–Trinajstić information content (AvgIpc) is 3.52. The first-order valence-electron chi connectivity index (χ1n) is 13.6. The Labute approximate surface area is 235 Å². The Kier molecular flexibility index (Phi) is 5.03. The third kappa shape index (κ3) is 3.49. The maximum absolute atomic E-state index is 5.17. The number of rotatable bonds is 3. The SMILES string of the molecule is Cc1nc(C)c(-c2nc(-n3c4ccccc4c4ccccc43)nc(-n3c4ccccc4c4ccccc43)n2)nc1C. The molecule has 0 aliphatic carbocycles. The van der Waals surface area contributed by atoms with Gasteiger partial charge in [-0.05, 0) is 45.0 Å². The molecule has 0 N–H and O–H groups in total. The van der Waals surface area contributed by atoms with E-state index in [2.05, 4.69) is 81.9 Å². The van der Waals surface area contributed by atoms with E-state index < -0.39 is 0 Å². The smallest absolute Gasteiger partial charge is 0.240 e. The summed E-state index contributed by atoms with van der Waals surface area (Å²) >= 11 is 0. The second kappa shape index (κ2) is 8.79. The fourth-order valence-electron chi connectivity index (χ4n) is 5.86. The summed E-state index contributed by atoms with van der Waals surface area (Å²) in [5.41, 5.74) is 7.29. The van der Waals surface area contributed by atoms with E-state index in [9.17, 15) is 0 Å². The summed E-state index contributed by atoms with van der Waals surface area (Å²) in [6.45, 7) is 5.90. The molecule has 0 radical (unpaired) electrons. The van der Waals surface area contributed by atoms with Gasteiger partial charge in [-0.3, -0.25) is 14.1 Å². The van der Waals surface area contributed by atoms with Crippen molar-refractivity contribution in [3.8, 4) is 23.4 Å². The normalized spacial score (nSPS) is 11.8. The number of nitrogens with zero attached hydrogens (tertiary/aromatic N) is 7. The number of aryl methyl sites for hydroxylation is 3. The maximum atomic E-state index is 5.17. The van der Waals surface area contributed by atoms with E-state index in [0.29, 0.717) is 23.4 Å². The number of benzene rings is 4. The van der Waals surface area contributed by atoms with E-state index in [1.54, 1.807) is 0 Å². The first-order valence-corrected chi connectivity index (χ1v) is 13.6. The van der Waals surface area contributed by atoms with E-state index in [1.165, 1.54) is 0 Å². The van der Waals surface area contributed by atoms with Crippen LogP contribution in [0.25, 0.3) is 67.0 Å². The number of hydrogen-bond donors (Lipinski definition) is 0. The molecule has 0 bridgehead atoms. The summed E-state index contributed by atoms with van der Waals surface area (Å²) in [6.07, 6.45) is 0. The molecule has 0 aliphatic heterocycles. The van der Waals surface area contributed by atoms with Crippen LogP contribution in [-0.2, 0) is 0 Å². The minimum atomic E-state index is 0.488. The molecule has 8 rings (SSSR count). The van der Waals surface area contributed by atoms with Crippen molar-refractivity contribution in [1.82, 2.24) is 34.1 Å². The standard InChI is InChI=1S/C34H25N7/c1-20-21(2)36-31(22(3)35-20)32-37-33(40-27-16-8-4-12-23(27)24-13-5-9-17-28(24)40)39-34(38-32)41-29-18-10-6-14-25(29)26-15-7-11-19-30(26)41/h4-19H,1-3H3. The van der Waals surface area contributed by atoms with Crippen LogP contribution < -0.4 is 0 Å². The largest absolute Gasteiger partial charge is 0.278 e.